The van der Waals surface area contributed by atoms with Crippen LogP contribution < -0.4 is 5.32 Å². The van der Waals surface area contributed by atoms with Crippen molar-refractivity contribution < 1.29 is 0 Å². The van der Waals surface area contributed by atoms with Gasteiger partial charge in [-0.3, -0.25) is 4.68 Å². The summed E-state index contributed by atoms with van der Waals surface area (Å²) in [4.78, 5) is 0. The molecule has 0 fully saturated rings. The van der Waals surface area contributed by atoms with Gasteiger partial charge in [-0.2, -0.15) is 5.10 Å². The van der Waals surface area contributed by atoms with Crippen LogP contribution in [0, 0.1) is 6.92 Å². The topological polar surface area (TPSA) is 29.9 Å². The minimum atomic E-state index is 0.720. The summed E-state index contributed by atoms with van der Waals surface area (Å²) in [6.45, 7) is 6.75. The predicted octanol–water partition coefficient (Wildman–Crippen LogP) is 3.00. The van der Waals surface area contributed by atoms with Crippen molar-refractivity contribution in [2.45, 2.75) is 26.9 Å². The van der Waals surface area contributed by atoms with Gasteiger partial charge in [-0.1, -0.05) is 36.7 Å². The summed E-state index contributed by atoms with van der Waals surface area (Å²) in [5.41, 5.74) is 3.53. The molecule has 3 nitrogen and oxygen atoms in total. The molecule has 1 N–H and O–H groups in total. The minimum absolute atomic E-state index is 0.720. The molecule has 0 spiro atoms. The maximum Gasteiger partial charge on any atom is 0.0677 e. The van der Waals surface area contributed by atoms with Gasteiger partial charge >= 0.3 is 0 Å². The van der Waals surface area contributed by atoms with E-state index in [0.29, 0.717) is 0 Å². The molecule has 0 atom stereocenters. The van der Waals surface area contributed by atoms with Gasteiger partial charge in [0, 0.05) is 22.8 Å². The fraction of sp³-hybridized carbons (Fsp3) is 0.357. The fourth-order valence-corrected chi connectivity index (χ4v) is 2.06. The predicted molar refractivity (Wildman–Crippen MR) is 74.9 cm³/mol. The molecule has 0 aliphatic carbocycles. The number of aromatic nitrogens is 2. The summed E-state index contributed by atoms with van der Waals surface area (Å²) < 4.78 is 1.99. The minimum Gasteiger partial charge on any atom is -0.313 e. The van der Waals surface area contributed by atoms with Gasteiger partial charge in [0.15, 0.2) is 0 Å². The van der Waals surface area contributed by atoms with E-state index in [0.717, 1.165) is 30.2 Å². The SMILES string of the molecule is CCNCc1cnn(Cc2ccccc2Cl)c1C. The van der Waals surface area contributed by atoms with Gasteiger partial charge in [0.2, 0.25) is 0 Å². The van der Waals surface area contributed by atoms with Crippen molar-refractivity contribution in [2.75, 3.05) is 6.54 Å². The third-order valence-electron chi connectivity index (χ3n) is 3.05. The summed E-state index contributed by atoms with van der Waals surface area (Å²) in [5, 5.41) is 8.53. The Morgan fingerprint density at radius 3 is 2.78 bits per heavy atom. The maximum absolute atomic E-state index is 6.16. The number of benzene rings is 1. The lowest BCUT2D eigenvalue weighted by atomic mass is 10.2. The molecule has 0 radical (unpaired) electrons. The number of hydrogen-bond acceptors (Lipinski definition) is 2. The van der Waals surface area contributed by atoms with E-state index in [2.05, 4.69) is 24.3 Å². The van der Waals surface area contributed by atoms with Crippen molar-refractivity contribution in [3.8, 4) is 0 Å². The van der Waals surface area contributed by atoms with Crippen molar-refractivity contribution in [1.82, 2.24) is 15.1 Å². The Labute approximate surface area is 113 Å². The van der Waals surface area contributed by atoms with E-state index in [1.165, 1.54) is 11.3 Å². The Morgan fingerprint density at radius 2 is 2.06 bits per heavy atom. The average molecular weight is 264 g/mol. The highest BCUT2D eigenvalue weighted by Crippen LogP contribution is 2.17. The van der Waals surface area contributed by atoms with Crippen LogP contribution in [0.4, 0.5) is 0 Å². The molecule has 1 heterocycles. The second-order valence-electron chi connectivity index (χ2n) is 4.28. The molecule has 0 saturated heterocycles. The molecular weight excluding hydrogens is 246 g/mol. The van der Waals surface area contributed by atoms with Gasteiger partial charge in [-0.15, -0.1) is 0 Å². The summed E-state index contributed by atoms with van der Waals surface area (Å²) in [7, 11) is 0. The number of nitrogens with one attached hydrogen (secondary N) is 1. The first-order chi connectivity index (χ1) is 8.72. The van der Waals surface area contributed by atoms with Crippen molar-refractivity contribution in [2.24, 2.45) is 0 Å². The van der Waals surface area contributed by atoms with E-state index in [4.69, 9.17) is 11.6 Å². The fourth-order valence-electron chi connectivity index (χ4n) is 1.87. The van der Waals surface area contributed by atoms with Crippen molar-refractivity contribution >= 4 is 11.6 Å². The van der Waals surface area contributed by atoms with E-state index in [-0.39, 0.29) is 0 Å². The lowest BCUT2D eigenvalue weighted by Gasteiger charge is -2.07. The third-order valence-corrected chi connectivity index (χ3v) is 3.42. The zero-order valence-corrected chi connectivity index (χ0v) is 11.5. The summed E-state index contributed by atoms with van der Waals surface area (Å²) >= 11 is 6.16. The van der Waals surface area contributed by atoms with Crippen LogP contribution in [0.5, 0.6) is 0 Å². The Morgan fingerprint density at radius 1 is 1.28 bits per heavy atom. The van der Waals surface area contributed by atoms with Crippen molar-refractivity contribution in [1.29, 1.82) is 0 Å². The van der Waals surface area contributed by atoms with Crippen LogP contribution in [0.1, 0.15) is 23.7 Å². The largest absolute Gasteiger partial charge is 0.313 e. The molecule has 2 aromatic rings. The Kier molecular flexibility index (Phi) is 4.39. The first-order valence-corrected chi connectivity index (χ1v) is 6.55. The molecule has 0 unspecified atom stereocenters. The van der Waals surface area contributed by atoms with Crippen LogP contribution >= 0.6 is 11.6 Å². The van der Waals surface area contributed by atoms with Crippen molar-refractivity contribution in [3.63, 3.8) is 0 Å². The number of hydrogen-bond donors (Lipinski definition) is 1. The zero-order valence-electron chi connectivity index (χ0n) is 10.8. The Balaban J connectivity index is 2.15. The van der Waals surface area contributed by atoms with Crippen LogP contribution in [0.3, 0.4) is 0 Å². The molecule has 18 heavy (non-hydrogen) atoms. The van der Waals surface area contributed by atoms with Gasteiger partial charge in [-0.25, -0.2) is 0 Å². The molecule has 0 aliphatic rings. The molecule has 96 valence electrons. The normalized spacial score (nSPS) is 10.8. The molecule has 2 rings (SSSR count). The zero-order chi connectivity index (χ0) is 13.0. The number of nitrogens with zero attached hydrogens (tertiary/aromatic N) is 2. The number of halogens is 1. The van der Waals surface area contributed by atoms with E-state index in [1.54, 1.807) is 0 Å². The van der Waals surface area contributed by atoms with Crippen LogP contribution in [-0.2, 0) is 13.1 Å². The van der Waals surface area contributed by atoms with Crippen molar-refractivity contribution in [3.05, 3.63) is 52.3 Å². The first kappa shape index (κ1) is 13.1. The number of rotatable bonds is 5. The lowest BCUT2D eigenvalue weighted by Crippen LogP contribution is -2.12. The lowest BCUT2D eigenvalue weighted by molar-refractivity contribution is 0.659. The van der Waals surface area contributed by atoms with Crippen LogP contribution in [0.2, 0.25) is 5.02 Å². The Hall–Kier alpha value is -1.32. The first-order valence-electron chi connectivity index (χ1n) is 6.17. The molecule has 1 aromatic heterocycles. The van der Waals surface area contributed by atoms with Crippen LogP contribution in [0.25, 0.3) is 0 Å². The monoisotopic (exact) mass is 263 g/mol. The van der Waals surface area contributed by atoms with Gasteiger partial charge in [0.1, 0.15) is 0 Å². The van der Waals surface area contributed by atoms with E-state index in [9.17, 15) is 0 Å². The standard InChI is InChI=1S/C14H18ClN3/c1-3-16-8-13-9-17-18(11(13)2)10-12-6-4-5-7-14(12)15/h4-7,9,16H,3,8,10H2,1-2H3. The van der Waals surface area contributed by atoms with Gasteiger partial charge < -0.3 is 5.32 Å². The Bertz CT molecular complexity index is 520. The van der Waals surface area contributed by atoms with Gasteiger partial charge in [-0.05, 0) is 25.1 Å². The molecule has 0 saturated carbocycles. The second-order valence-corrected chi connectivity index (χ2v) is 4.69. The summed E-state index contributed by atoms with van der Waals surface area (Å²) in [6, 6.07) is 7.89. The molecule has 0 bridgehead atoms. The van der Waals surface area contributed by atoms with E-state index in [1.807, 2.05) is 35.1 Å². The quantitative estimate of drug-likeness (QED) is 0.899. The highest BCUT2D eigenvalue weighted by atomic mass is 35.5. The van der Waals surface area contributed by atoms with Gasteiger partial charge in [0.25, 0.3) is 0 Å². The van der Waals surface area contributed by atoms with Crippen LogP contribution in [-0.4, -0.2) is 16.3 Å². The second kappa shape index (κ2) is 6.03. The average Bonchev–Trinajstić information content (AvgIpc) is 2.71. The molecule has 0 aliphatic heterocycles. The molecule has 0 amide bonds. The van der Waals surface area contributed by atoms with Gasteiger partial charge in [0.05, 0.1) is 12.7 Å². The highest BCUT2D eigenvalue weighted by Gasteiger charge is 2.07. The molecular formula is C14H18ClN3. The van der Waals surface area contributed by atoms with E-state index >= 15 is 0 Å². The third kappa shape index (κ3) is 2.92. The summed E-state index contributed by atoms with van der Waals surface area (Å²) in [5.74, 6) is 0. The summed E-state index contributed by atoms with van der Waals surface area (Å²) in [6.07, 6.45) is 1.93. The highest BCUT2D eigenvalue weighted by molar-refractivity contribution is 6.31. The molecule has 4 heteroatoms. The molecule has 1 aromatic carbocycles. The maximum atomic E-state index is 6.16. The van der Waals surface area contributed by atoms with E-state index < -0.39 is 0 Å². The smallest absolute Gasteiger partial charge is 0.0677 e. The van der Waals surface area contributed by atoms with Crippen LogP contribution in [0.15, 0.2) is 30.5 Å².